The molecule has 0 saturated carbocycles. The number of hydrogen-bond donors (Lipinski definition) is 0. The standard InChI is InChI=1S/C25H23NO3/c1-18-15-22-23(13-8-14-24(22)29-17-25(27)28-2)26(18)16-20-11-6-7-12-21(20)19-9-4-3-5-10-19/h3-15H,16-17H2,1-2H3. The minimum Gasteiger partial charge on any atom is -0.481 e. The van der Waals surface area contributed by atoms with Gasteiger partial charge in [0.05, 0.1) is 12.6 Å². The van der Waals surface area contributed by atoms with Crippen molar-refractivity contribution >= 4 is 16.9 Å². The van der Waals surface area contributed by atoms with E-state index in [1.165, 1.54) is 23.8 Å². The summed E-state index contributed by atoms with van der Waals surface area (Å²) in [7, 11) is 1.36. The van der Waals surface area contributed by atoms with E-state index in [9.17, 15) is 4.79 Å². The molecule has 0 unspecified atom stereocenters. The number of rotatable bonds is 6. The van der Waals surface area contributed by atoms with Crippen molar-refractivity contribution in [1.82, 2.24) is 4.57 Å². The quantitative estimate of drug-likeness (QED) is 0.428. The number of aromatic nitrogens is 1. The fourth-order valence-corrected chi connectivity index (χ4v) is 3.65. The van der Waals surface area contributed by atoms with Crippen molar-refractivity contribution in [2.45, 2.75) is 13.5 Å². The molecule has 0 bridgehead atoms. The maximum atomic E-state index is 11.5. The molecule has 29 heavy (non-hydrogen) atoms. The van der Waals surface area contributed by atoms with Crippen LogP contribution in [0.1, 0.15) is 11.3 Å². The first kappa shape index (κ1) is 18.8. The number of carbonyl (C=O) groups excluding carboxylic acids is 1. The van der Waals surface area contributed by atoms with Gasteiger partial charge in [0, 0.05) is 17.6 Å². The molecular formula is C25H23NO3. The predicted octanol–water partition coefficient (Wildman–Crippen LogP) is 5.22. The Morgan fingerprint density at radius 3 is 2.48 bits per heavy atom. The smallest absolute Gasteiger partial charge is 0.343 e. The van der Waals surface area contributed by atoms with E-state index in [1.54, 1.807) is 0 Å². The van der Waals surface area contributed by atoms with Gasteiger partial charge in [-0.1, -0.05) is 60.7 Å². The Bertz CT molecular complexity index is 1150. The van der Waals surface area contributed by atoms with Crippen molar-refractivity contribution < 1.29 is 14.3 Å². The lowest BCUT2D eigenvalue weighted by atomic mass is 9.99. The summed E-state index contributed by atoms with van der Waals surface area (Å²) in [5.41, 5.74) is 5.90. The zero-order chi connectivity index (χ0) is 20.2. The maximum Gasteiger partial charge on any atom is 0.343 e. The van der Waals surface area contributed by atoms with E-state index in [-0.39, 0.29) is 6.61 Å². The van der Waals surface area contributed by atoms with Crippen molar-refractivity contribution in [2.75, 3.05) is 13.7 Å². The Labute approximate surface area is 170 Å². The number of benzene rings is 3. The van der Waals surface area contributed by atoms with Crippen LogP contribution in [0, 0.1) is 6.92 Å². The number of ether oxygens (including phenoxy) is 2. The van der Waals surface area contributed by atoms with E-state index < -0.39 is 5.97 Å². The molecule has 0 aliphatic carbocycles. The van der Waals surface area contributed by atoms with Crippen LogP contribution in [0.4, 0.5) is 0 Å². The Morgan fingerprint density at radius 1 is 0.931 bits per heavy atom. The Morgan fingerprint density at radius 2 is 1.69 bits per heavy atom. The summed E-state index contributed by atoms with van der Waals surface area (Å²) >= 11 is 0. The highest BCUT2D eigenvalue weighted by Crippen LogP contribution is 2.31. The molecule has 0 saturated heterocycles. The van der Waals surface area contributed by atoms with Crippen molar-refractivity contribution in [1.29, 1.82) is 0 Å². The van der Waals surface area contributed by atoms with E-state index in [0.717, 1.165) is 23.1 Å². The highest BCUT2D eigenvalue weighted by Gasteiger charge is 2.13. The molecule has 0 fully saturated rings. The molecule has 146 valence electrons. The molecule has 0 N–H and O–H groups in total. The van der Waals surface area contributed by atoms with Crippen LogP contribution in [0.15, 0.2) is 78.9 Å². The summed E-state index contributed by atoms with van der Waals surface area (Å²) in [5, 5.41) is 0.992. The van der Waals surface area contributed by atoms with E-state index in [1.807, 2.05) is 18.2 Å². The van der Waals surface area contributed by atoms with Crippen molar-refractivity contribution in [3.05, 3.63) is 90.1 Å². The lowest BCUT2D eigenvalue weighted by Crippen LogP contribution is -2.12. The van der Waals surface area contributed by atoms with Crippen LogP contribution in [-0.4, -0.2) is 24.3 Å². The first-order chi connectivity index (χ1) is 14.2. The number of hydrogen-bond acceptors (Lipinski definition) is 3. The van der Waals surface area contributed by atoms with Gasteiger partial charge in [-0.15, -0.1) is 0 Å². The molecule has 0 amide bonds. The van der Waals surface area contributed by atoms with Crippen molar-refractivity contribution in [2.24, 2.45) is 0 Å². The number of esters is 1. The highest BCUT2D eigenvalue weighted by molar-refractivity contribution is 5.88. The first-order valence-electron chi connectivity index (χ1n) is 9.59. The minimum atomic E-state index is -0.394. The molecule has 4 aromatic rings. The number of methoxy groups -OCH3 is 1. The molecule has 0 radical (unpaired) electrons. The molecule has 4 rings (SSSR count). The van der Waals surface area contributed by atoms with E-state index >= 15 is 0 Å². The summed E-state index contributed by atoms with van der Waals surface area (Å²) in [6, 6.07) is 26.9. The number of aryl methyl sites for hydroxylation is 1. The van der Waals surface area contributed by atoms with Gasteiger partial charge < -0.3 is 14.0 Å². The molecule has 0 aliphatic rings. The van der Waals surface area contributed by atoms with Crippen molar-refractivity contribution in [3.63, 3.8) is 0 Å². The summed E-state index contributed by atoms with van der Waals surface area (Å²) in [6.45, 7) is 2.74. The molecule has 0 aliphatic heterocycles. The molecule has 3 aromatic carbocycles. The van der Waals surface area contributed by atoms with Gasteiger partial charge in [-0.3, -0.25) is 0 Å². The first-order valence-corrected chi connectivity index (χ1v) is 9.59. The Kier molecular flexibility index (Phi) is 5.34. The van der Waals surface area contributed by atoms with Gasteiger partial charge in [-0.2, -0.15) is 0 Å². The third kappa shape index (κ3) is 3.87. The Hall–Kier alpha value is -3.53. The normalized spacial score (nSPS) is 10.8. The van der Waals surface area contributed by atoms with Gasteiger partial charge in [0.2, 0.25) is 0 Å². The largest absolute Gasteiger partial charge is 0.481 e. The molecule has 1 heterocycles. The van der Waals surface area contributed by atoms with Gasteiger partial charge >= 0.3 is 5.97 Å². The number of carbonyl (C=O) groups is 1. The maximum absolute atomic E-state index is 11.5. The van der Waals surface area contributed by atoms with E-state index in [0.29, 0.717) is 5.75 Å². The fourth-order valence-electron chi connectivity index (χ4n) is 3.65. The fraction of sp³-hybridized carbons (Fsp3) is 0.160. The second kappa shape index (κ2) is 8.23. The Balaban J connectivity index is 1.71. The van der Waals surface area contributed by atoms with Gasteiger partial charge in [0.1, 0.15) is 5.75 Å². The van der Waals surface area contributed by atoms with Gasteiger partial charge in [0.25, 0.3) is 0 Å². The molecule has 4 nitrogen and oxygen atoms in total. The third-order valence-corrected chi connectivity index (χ3v) is 5.12. The molecule has 4 heteroatoms. The van der Waals surface area contributed by atoms with Crippen LogP contribution in [0.25, 0.3) is 22.0 Å². The van der Waals surface area contributed by atoms with Crippen LogP contribution in [0.3, 0.4) is 0 Å². The second-order valence-electron chi connectivity index (χ2n) is 6.95. The molecule has 1 aromatic heterocycles. The minimum absolute atomic E-state index is 0.101. The number of fused-ring (bicyclic) bond motifs is 1. The monoisotopic (exact) mass is 385 g/mol. The average Bonchev–Trinajstić information content (AvgIpc) is 3.08. The van der Waals surface area contributed by atoms with Crippen LogP contribution in [0.2, 0.25) is 0 Å². The highest BCUT2D eigenvalue weighted by atomic mass is 16.6. The van der Waals surface area contributed by atoms with Gasteiger partial charge in [0.15, 0.2) is 6.61 Å². The SMILES string of the molecule is COC(=O)COc1cccc2c1cc(C)n2Cc1ccccc1-c1ccccc1. The predicted molar refractivity (Wildman–Crippen MR) is 115 cm³/mol. The lowest BCUT2D eigenvalue weighted by Gasteiger charge is -2.14. The number of nitrogens with zero attached hydrogens (tertiary/aromatic N) is 1. The molecule has 0 spiro atoms. The summed E-state index contributed by atoms with van der Waals surface area (Å²) in [5.74, 6) is 0.293. The van der Waals surface area contributed by atoms with Gasteiger partial charge in [-0.25, -0.2) is 4.79 Å². The second-order valence-corrected chi connectivity index (χ2v) is 6.95. The lowest BCUT2D eigenvalue weighted by molar-refractivity contribution is -0.142. The topological polar surface area (TPSA) is 40.5 Å². The molecule has 0 atom stereocenters. The summed E-state index contributed by atoms with van der Waals surface area (Å²) < 4.78 is 12.7. The van der Waals surface area contributed by atoms with Crippen LogP contribution in [0.5, 0.6) is 5.75 Å². The third-order valence-electron chi connectivity index (χ3n) is 5.12. The van der Waals surface area contributed by atoms with Crippen LogP contribution in [-0.2, 0) is 16.1 Å². The zero-order valence-corrected chi connectivity index (χ0v) is 16.6. The van der Waals surface area contributed by atoms with Crippen LogP contribution >= 0.6 is 0 Å². The summed E-state index contributed by atoms with van der Waals surface area (Å²) in [6.07, 6.45) is 0. The van der Waals surface area contributed by atoms with E-state index in [4.69, 9.17) is 4.74 Å². The molecular weight excluding hydrogens is 362 g/mol. The van der Waals surface area contributed by atoms with Crippen molar-refractivity contribution in [3.8, 4) is 16.9 Å². The average molecular weight is 385 g/mol. The summed E-state index contributed by atoms with van der Waals surface area (Å²) in [4.78, 5) is 11.5. The van der Waals surface area contributed by atoms with Crippen LogP contribution < -0.4 is 4.74 Å². The van der Waals surface area contributed by atoms with E-state index in [2.05, 4.69) is 76.9 Å². The zero-order valence-electron chi connectivity index (χ0n) is 16.6. The van der Waals surface area contributed by atoms with Gasteiger partial charge in [-0.05, 0) is 41.8 Å².